The van der Waals surface area contributed by atoms with E-state index in [1.165, 1.54) is 49.9 Å². The fourth-order valence-electron chi connectivity index (χ4n) is 3.71. The molecule has 25 heavy (non-hydrogen) atoms. The molecular weight excluding hydrogens is 310 g/mol. The van der Waals surface area contributed by atoms with Gasteiger partial charge in [-0.1, -0.05) is 19.8 Å². The molecule has 2 saturated carbocycles. The number of aliphatic imine (C=N–C) groups is 2. The molecule has 2 fully saturated rings. The van der Waals surface area contributed by atoms with Crippen molar-refractivity contribution in [1.82, 2.24) is 16.0 Å². The van der Waals surface area contributed by atoms with Crippen LogP contribution in [0.5, 0.6) is 0 Å². The van der Waals surface area contributed by atoms with Crippen LogP contribution < -0.4 is 16.0 Å². The molecular formula is C20H33N5. The van der Waals surface area contributed by atoms with Gasteiger partial charge in [-0.15, -0.1) is 0 Å². The van der Waals surface area contributed by atoms with Gasteiger partial charge in [0.05, 0.1) is 11.7 Å². The summed E-state index contributed by atoms with van der Waals surface area (Å²) in [6.45, 7) is 7.33. The molecule has 0 bridgehead atoms. The molecule has 2 aliphatic carbocycles. The first kappa shape index (κ1) is 18.0. The molecule has 138 valence electrons. The molecule has 0 aromatic carbocycles. The average Bonchev–Trinajstić information content (AvgIpc) is 3.34. The number of hydrogen-bond acceptors (Lipinski definition) is 5. The Balaban J connectivity index is 1.64. The van der Waals surface area contributed by atoms with Crippen molar-refractivity contribution in [2.75, 3.05) is 13.6 Å². The van der Waals surface area contributed by atoms with Crippen LogP contribution in [0.3, 0.4) is 0 Å². The second-order valence-corrected chi connectivity index (χ2v) is 7.66. The maximum Gasteiger partial charge on any atom is 0.0986 e. The van der Waals surface area contributed by atoms with Crippen molar-refractivity contribution in [2.45, 2.75) is 71.4 Å². The van der Waals surface area contributed by atoms with Gasteiger partial charge in [-0.3, -0.25) is 4.99 Å². The number of nitrogens with one attached hydrogen (secondary N) is 3. The largest absolute Gasteiger partial charge is 0.370 e. The summed E-state index contributed by atoms with van der Waals surface area (Å²) < 4.78 is 0. The van der Waals surface area contributed by atoms with Gasteiger partial charge in [0.25, 0.3) is 0 Å². The first-order valence-corrected chi connectivity index (χ1v) is 9.78. The molecule has 0 amide bonds. The van der Waals surface area contributed by atoms with Crippen molar-refractivity contribution < 1.29 is 0 Å². The number of rotatable bonds is 7. The van der Waals surface area contributed by atoms with Gasteiger partial charge in [-0.25, -0.2) is 4.99 Å². The minimum Gasteiger partial charge on any atom is -0.370 e. The van der Waals surface area contributed by atoms with Gasteiger partial charge in [0.15, 0.2) is 0 Å². The smallest absolute Gasteiger partial charge is 0.0986 e. The van der Waals surface area contributed by atoms with E-state index < -0.39 is 0 Å². The predicted octanol–water partition coefficient (Wildman–Crippen LogP) is 3.11. The van der Waals surface area contributed by atoms with E-state index in [4.69, 9.17) is 0 Å². The third kappa shape index (κ3) is 4.65. The van der Waals surface area contributed by atoms with Crippen LogP contribution in [0, 0.1) is 5.92 Å². The lowest BCUT2D eigenvalue weighted by atomic mass is 9.92. The standard InChI is InChI=1S/C20H33N5/c1-13(19(21-4)17-11-22-15(3)23-12-17)14(2)24-20(16-9-10-16)25-18-7-5-6-8-18/h11,13-14,18,24-25H,5-10,12H2,1-4H3,(H,22,23)/b21-19+. The van der Waals surface area contributed by atoms with E-state index in [0.717, 1.165) is 18.1 Å². The minimum atomic E-state index is 0.323. The maximum atomic E-state index is 4.59. The summed E-state index contributed by atoms with van der Waals surface area (Å²) in [7, 11) is 1.89. The summed E-state index contributed by atoms with van der Waals surface area (Å²) in [6, 6.07) is 0.976. The number of hydrogen-bond donors (Lipinski definition) is 3. The third-order valence-corrected chi connectivity index (χ3v) is 5.63. The molecule has 0 aromatic rings. The van der Waals surface area contributed by atoms with Crippen molar-refractivity contribution in [3.05, 3.63) is 23.2 Å². The van der Waals surface area contributed by atoms with Crippen LogP contribution in [-0.4, -0.2) is 37.2 Å². The van der Waals surface area contributed by atoms with E-state index in [1.807, 2.05) is 20.2 Å². The second-order valence-electron chi connectivity index (χ2n) is 7.66. The first-order chi connectivity index (χ1) is 12.1. The summed E-state index contributed by atoms with van der Waals surface area (Å²) in [5.41, 5.74) is 3.89. The average molecular weight is 344 g/mol. The molecule has 0 radical (unpaired) electrons. The highest BCUT2D eigenvalue weighted by molar-refractivity contribution is 6.03. The Bertz CT molecular complexity index is 602. The van der Waals surface area contributed by atoms with Gasteiger partial charge in [0.2, 0.25) is 0 Å². The van der Waals surface area contributed by atoms with Gasteiger partial charge < -0.3 is 16.0 Å². The highest BCUT2D eigenvalue weighted by atomic mass is 15.1. The zero-order chi connectivity index (χ0) is 17.8. The van der Waals surface area contributed by atoms with E-state index in [2.05, 4.69) is 39.8 Å². The molecule has 1 aliphatic heterocycles. The zero-order valence-electron chi connectivity index (χ0n) is 16.2. The minimum absolute atomic E-state index is 0.323. The molecule has 5 nitrogen and oxygen atoms in total. The topological polar surface area (TPSA) is 60.8 Å². The Labute approximate surface area is 152 Å². The Morgan fingerprint density at radius 3 is 2.56 bits per heavy atom. The van der Waals surface area contributed by atoms with Crippen molar-refractivity contribution in [2.24, 2.45) is 15.9 Å². The van der Waals surface area contributed by atoms with Gasteiger partial charge in [0, 0.05) is 49.1 Å². The molecule has 3 aliphatic rings. The molecule has 0 saturated heterocycles. The summed E-state index contributed by atoms with van der Waals surface area (Å²) in [5, 5.41) is 10.9. The molecule has 2 atom stereocenters. The number of amidine groups is 1. The van der Waals surface area contributed by atoms with E-state index in [0.29, 0.717) is 18.0 Å². The van der Waals surface area contributed by atoms with Gasteiger partial charge in [0.1, 0.15) is 0 Å². The lowest BCUT2D eigenvalue weighted by Crippen LogP contribution is -2.43. The van der Waals surface area contributed by atoms with Crippen molar-refractivity contribution in [1.29, 1.82) is 0 Å². The van der Waals surface area contributed by atoms with E-state index in [9.17, 15) is 0 Å². The van der Waals surface area contributed by atoms with Crippen LogP contribution in [-0.2, 0) is 0 Å². The fourth-order valence-corrected chi connectivity index (χ4v) is 3.71. The third-order valence-electron chi connectivity index (χ3n) is 5.63. The van der Waals surface area contributed by atoms with Crippen LogP contribution in [0.2, 0.25) is 0 Å². The van der Waals surface area contributed by atoms with E-state index >= 15 is 0 Å². The summed E-state index contributed by atoms with van der Waals surface area (Å²) in [5.74, 6) is 2.59. The Hall–Kier alpha value is -1.78. The lowest BCUT2D eigenvalue weighted by Gasteiger charge is -2.29. The Morgan fingerprint density at radius 2 is 2.00 bits per heavy atom. The van der Waals surface area contributed by atoms with Gasteiger partial charge >= 0.3 is 0 Å². The zero-order valence-corrected chi connectivity index (χ0v) is 16.2. The summed E-state index contributed by atoms with van der Waals surface area (Å²) >= 11 is 0. The van der Waals surface area contributed by atoms with Gasteiger partial charge in [-0.2, -0.15) is 0 Å². The first-order valence-electron chi connectivity index (χ1n) is 9.78. The lowest BCUT2D eigenvalue weighted by molar-refractivity contribution is 0.470. The van der Waals surface area contributed by atoms with Crippen LogP contribution in [0.4, 0.5) is 0 Å². The SMILES string of the molecule is C/N=C(/C1=CN=C(C)NC1)C(C)C(C)NC(NC1CCCC1)=C1CC1. The van der Waals surface area contributed by atoms with Crippen molar-refractivity contribution in [3.8, 4) is 0 Å². The second kappa shape index (κ2) is 8.07. The maximum absolute atomic E-state index is 4.59. The van der Waals surface area contributed by atoms with Crippen molar-refractivity contribution in [3.63, 3.8) is 0 Å². The quantitative estimate of drug-likeness (QED) is 0.623. The monoisotopic (exact) mass is 343 g/mol. The number of allylic oxidation sites excluding steroid dienone is 1. The number of nitrogens with zero attached hydrogens (tertiary/aromatic N) is 2. The highest BCUT2D eigenvalue weighted by Crippen LogP contribution is 2.31. The summed E-state index contributed by atoms with van der Waals surface area (Å²) in [4.78, 5) is 9.00. The van der Waals surface area contributed by atoms with Crippen LogP contribution >= 0.6 is 0 Å². The normalized spacial score (nSPS) is 23.4. The van der Waals surface area contributed by atoms with Crippen LogP contribution in [0.1, 0.15) is 59.3 Å². The molecule has 5 heteroatoms. The molecule has 2 unspecified atom stereocenters. The van der Waals surface area contributed by atoms with Crippen LogP contribution in [0.25, 0.3) is 0 Å². The van der Waals surface area contributed by atoms with Gasteiger partial charge in [-0.05, 0) is 45.1 Å². The Morgan fingerprint density at radius 1 is 1.28 bits per heavy atom. The summed E-state index contributed by atoms with van der Waals surface area (Å²) in [6.07, 6.45) is 9.77. The molecule has 3 rings (SSSR count). The fraction of sp³-hybridized carbons (Fsp3) is 0.700. The predicted molar refractivity (Wildman–Crippen MR) is 106 cm³/mol. The molecule has 3 N–H and O–H groups in total. The van der Waals surface area contributed by atoms with E-state index in [1.54, 1.807) is 5.57 Å². The highest BCUT2D eigenvalue weighted by Gasteiger charge is 2.27. The molecule has 0 aromatic heterocycles. The van der Waals surface area contributed by atoms with Crippen LogP contribution in [0.15, 0.2) is 33.2 Å². The van der Waals surface area contributed by atoms with Crippen molar-refractivity contribution >= 4 is 11.5 Å². The molecule has 1 heterocycles. The molecule has 0 spiro atoms. The van der Waals surface area contributed by atoms with E-state index in [-0.39, 0.29) is 0 Å². The Kier molecular flexibility index (Phi) is 5.82.